The summed E-state index contributed by atoms with van der Waals surface area (Å²) in [5, 5.41) is 0. The lowest BCUT2D eigenvalue weighted by Crippen LogP contribution is -2.21. The molecule has 1 heterocycles. The van der Waals surface area contributed by atoms with Gasteiger partial charge in [0.05, 0.1) is 7.11 Å². The molecular formula is C16H18F3N3O. The molecule has 2 aromatic rings. The van der Waals surface area contributed by atoms with Crippen molar-refractivity contribution in [2.24, 2.45) is 0 Å². The summed E-state index contributed by atoms with van der Waals surface area (Å²) in [5.74, 6) is -0.298. The van der Waals surface area contributed by atoms with Gasteiger partial charge in [0.25, 0.3) is 0 Å². The van der Waals surface area contributed by atoms with Gasteiger partial charge in [-0.25, -0.2) is 4.98 Å². The molecule has 0 spiro atoms. The van der Waals surface area contributed by atoms with E-state index in [1.165, 1.54) is 0 Å². The van der Waals surface area contributed by atoms with E-state index in [2.05, 4.69) is 9.97 Å². The van der Waals surface area contributed by atoms with Crippen LogP contribution in [0.1, 0.15) is 25.0 Å². The Morgan fingerprint density at radius 2 is 1.87 bits per heavy atom. The number of anilines is 2. The predicted molar refractivity (Wildman–Crippen MR) is 82.1 cm³/mol. The number of hydrogen-bond acceptors (Lipinski definition) is 4. The minimum absolute atomic E-state index is 0.179. The zero-order valence-corrected chi connectivity index (χ0v) is 13.2. The molecule has 0 amide bonds. The molecule has 0 N–H and O–H groups in total. The lowest BCUT2D eigenvalue weighted by atomic mass is 10.1. The number of para-hydroxylation sites is 1. The number of benzene rings is 1. The van der Waals surface area contributed by atoms with Crippen molar-refractivity contribution in [2.75, 3.05) is 18.6 Å². The van der Waals surface area contributed by atoms with Gasteiger partial charge in [-0.1, -0.05) is 25.1 Å². The standard InChI is InChI=1S/C16H18F3N3O/c1-4-11-8-6-7-9-13(11)22(5-2)15-20-10-12(16(17,18)19)14(21-15)23-3/h6-10H,4-5H2,1-3H3. The largest absolute Gasteiger partial charge is 0.480 e. The minimum atomic E-state index is -4.55. The van der Waals surface area contributed by atoms with Crippen molar-refractivity contribution in [3.8, 4) is 5.88 Å². The van der Waals surface area contributed by atoms with Crippen LogP contribution in [0.4, 0.5) is 24.8 Å². The van der Waals surface area contributed by atoms with E-state index in [4.69, 9.17) is 4.74 Å². The molecule has 0 saturated heterocycles. The molecule has 0 bridgehead atoms. The van der Waals surface area contributed by atoms with E-state index in [0.717, 1.165) is 31.0 Å². The molecule has 4 nitrogen and oxygen atoms in total. The molecule has 1 aromatic carbocycles. The van der Waals surface area contributed by atoms with Crippen molar-refractivity contribution in [2.45, 2.75) is 26.4 Å². The van der Waals surface area contributed by atoms with Crippen LogP contribution in [0.15, 0.2) is 30.5 Å². The lowest BCUT2D eigenvalue weighted by Gasteiger charge is -2.24. The molecule has 0 radical (unpaired) electrons. The van der Waals surface area contributed by atoms with Gasteiger partial charge in [-0.05, 0) is 25.0 Å². The summed E-state index contributed by atoms with van der Waals surface area (Å²) in [5.41, 5.74) is 0.958. The van der Waals surface area contributed by atoms with E-state index in [1.807, 2.05) is 38.1 Å². The number of ether oxygens (including phenoxy) is 1. The maximum Gasteiger partial charge on any atom is 0.423 e. The molecule has 0 aliphatic rings. The predicted octanol–water partition coefficient (Wildman–Crippen LogP) is 4.22. The zero-order valence-electron chi connectivity index (χ0n) is 13.2. The number of rotatable bonds is 5. The fourth-order valence-corrected chi connectivity index (χ4v) is 2.33. The van der Waals surface area contributed by atoms with Crippen molar-refractivity contribution in [3.05, 3.63) is 41.6 Å². The number of aryl methyl sites for hydroxylation is 1. The van der Waals surface area contributed by atoms with Crippen molar-refractivity contribution in [1.29, 1.82) is 0 Å². The van der Waals surface area contributed by atoms with Gasteiger partial charge < -0.3 is 9.64 Å². The quantitative estimate of drug-likeness (QED) is 0.825. The van der Waals surface area contributed by atoms with Crippen LogP contribution in [0.5, 0.6) is 5.88 Å². The smallest absolute Gasteiger partial charge is 0.423 e. The van der Waals surface area contributed by atoms with Crippen molar-refractivity contribution in [1.82, 2.24) is 9.97 Å². The maximum atomic E-state index is 12.9. The molecule has 0 atom stereocenters. The normalized spacial score (nSPS) is 11.4. The van der Waals surface area contributed by atoms with Crippen molar-refractivity contribution >= 4 is 11.6 Å². The third-order valence-electron chi connectivity index (χ3n) is 3.46. The first-order valence-electron chi connectivity index (χ1n) is 7.26. The van der Waals surface area contributed by atoms with Gasteiger partial charge in [-0.15, -0.1) is 0 Å². The van der Waals surface area contributed by atoms with Crippen LogP contribution in [-0.4, -0.2) is 23.6 Å². The second kappa shape index (κ2) is 6.85. The number of halogens is 3. The second-order valence-electron chi connectivity index (χ2n) is 4.82. The van der Waals surface area contributed by atoms with Gasteiger partial charge in [0.1, 0.15) is 5.56 Å². The maximum absolute atomic E-state index is 12.9. The molecule has 7 heteroatoms. The van der Waals surface area contributed by atoms with Crippen LogP contribution < -0.4 is 9.64 Å². The van der Waals surface area contributed by atoms with E-state index < -0.39 is 17.6 Å². The van der Waals surface area contributed by atoms with Crippen LogP contribution in [0.2, 0.25) is 0 Å². The number of nitrogens with zero attached hydrogens (tertiary/aromatic N) is 3. The fraction of sp³-hybridized carbons (Fsp3) is 0.375. The monoisotopic (exact) mass is 325 g/mol. The van der Waals surface area contributed by atoms with Gasteiger partial charge in [0.15, 0.2) is 0 Å². The summed E-state index contributed by atoms with van der Waals surface area (Å²) in [6.45, 7) is 4.42. The Balaban J connectivity index is 2.51. The lowest BCUT2D eigenvalue weighted by molar-refractivity contribution is -0.139. The molecule has 124 valence electrons. The average molecular weight is 325 g/mol. The van der Waals surface area contributed by atoms with E-state index in [9.17, 15) is 13.2 Å². The van der Waals surface area contributed by atoms with Gasteiger partial charge in [-0.3, -0.25) is 0 Å². The Labute approximate surface area is 132 Å². The summed E-state index contributed by atoms with van der Waals surface area (Å²) in [6.07, 6.45) is -2.99. The van der Waals surface area contributed by atoms with Gasteiger partial charge in [0.2, 0.25) is 11.8 Å². The summed E-state index contributed by atoms with van der Waals surface area (Å²) in [4.78, 5) is 9.61. The Morgan fingerprint density at radius 3 is 2.43 bits per heavy atom. The number of alkyl halides is 3. The summed E-state index contributed by atoms with van der Waals surface area (Å²) < 4.78 is 43.6. The molecule has 23 heavy (non-hydrogen) atoms. The number of methoxy groups -OCH3 is 1. The summed E-state index contributed by atoms with van der Waals surface area (Å²) >= 11 is 0. The van der Waals surface area contributed by atoms with E-state index >= 15 is 0 Å². The topological polar surface area (TPSA) is 38.2 Å². The van der Waals surface area contributed by atoms with Crippen LogP contribution in [0, 0.1) is 0 Å². The zero-order chi connectivity index (χ0) is 17.0. The second-order valence-corrected chi connectivity index (χ2v) is 4.82. The van der Waals surface area contributed by atoms with Gasteiger partial charge >= 0.3 is 6.18 Å². The Kier molecular flexibility index (Phi) is 5.08. The Bertz CT molecular complexity index is 674. The highest BCUT2D eigenvalue weighted by Gasteiger charge is 2.36. The van der Waals surface area contributed by atoms with Crippen LogP contribution in [-0.2, 0) is 12.6 Å². The first-order valence-corrected chi connectivity index (χ1v) is 7.26. The molecule has 2 rings (SSSR count). The van der Waals surface area contributed by atoms with Crippen molar-refractivity contribution in [3.63, 3.8) is 0 Å². The molecular weight excluding hydrogens is 307 g/mol. The first-order chi connectivity index (χ1) is 10.9. The van der Waals surface area contributed by atoms with Crippen LogP contribution >= 0.6 is 0 Å². The minimum Gasteiger partial charge on any atom is -0.480 e. The van der Waals surface area contributed by atoms with Gasteiger partial charge in [0, 0.05) is 18.4 Å². The summed E-state index contributed by atoms with van der Waals surface area (Å²) in [7, 11) is 1.16. The molecule has 0 aliphatic heterocycles. The molecule has 0 saturated carbocycles. The number of hydrogen-bond donors (Lipinski definition) is 0. The fourth-order valence-electron chi connectivity index (χ4n) is 2.33. The van der Waals surface area contributed by atoms with Crippen LogP contribution in [0.25, 0.3) is 0 Å². The molecule has 0 unspecified atom stereocenters. The number of aromatic nitrogens is 2. The first kappa shape index (κ1) is 17.1. The highest BCUT2D eigenvalue weighted by molar-refractivity contribution is 5.62. The van der Waals surface area contributed by atoms with Gasteiger partial charge in [-0.2, -0.15) is 18.2 Å². The van der Waals surface area contributed by atoms with E-state index in [0.29, 0.717) is 6.54 Å². The highest BCUT2D eigenvalue weighted by atomic mass is 19.4. The molecule has 1 aromatic heterocycles. The Hall–Kier alpha value is -2.31. The average Bonchev–Trinajstić information content (AvgIpc) is 2.55. The third-order valence-corrected chi connectivity index (χ3v) is 3.46. The molecule has 0 fully saturated rings. The van der Waals surface area contributed by atoms with E-state index in [1.54, 1.807) is 4.90 Å². The van der Waals surface area contributed by atoms with E-state index in [-0.39, 0.29) is 5.95 Å². The third kappa shape index (κ3) is 3.55. The Morgan fingerprint density at radius 1 is 1.17 bits per heavy atom. The van der Waals surface area contributed by atoms with Crippen molar-refractivity contribution < 1.29 is 17.9 Å². The molecule has 0 aliphatic carbocycles. The SMILES string of the molecule is CCc1ccccc1N(CC)c1ncc(C(F)(F)F)c(OC)n1. The highest BCUT2D eigenvalue weighted by Crippen LogP contribution is 2.36. The van der Waals surface area contributed by atoms with Crippen LogP contribution in [0.3, 0.4) is 0 Å². The summed E-state index contributed by atoms with van der Waals surface area (Å²) in [6, 6.07) is 7.66.